The molecule has 0 aliphatic carbocycles. The van der Waals surface area contributed by atoms with Crippen LogP contribution in [0.2, 0.25) is 0 Å². The van der Waals surface area contributed by atoms with E-state index in [1.54, 1.807) is 13.8 Å². The van der Waals surface area contributed by atoms with Crippen LogP contribution in [0, 0.1) is 0 Å². The summed E-state index contributed by atoms with van der Waals surface area (Å²) in [6.45, 7) is 14.8. The summed E-state index contributed by atoms with van der Waals surface area (Å²) >= 11 is 0. The van der Waals surface area contributed by atoms with Crippen molar-refractivity contribution in [2.24, 2.45) is 0 Å². The molecule has 0 aliphatic heterocycles. The van der Waals surface area contributed by atoms with E-state index >= 15 is 0 Å². The predicted molar refractivity (Wildman–Crippen MR) is 127 cm³/mol. The summed E-state index contributed by atoms with van der Waals surface area (Å²) in [7, 11) is -3.90. The molecular formula is C26H30O6S. The summed E-state index contributed by atoms with van der Waals surface area (Å²) in [6, 6.07) is 8.82. The quantitative estimate of drug-likeness (QED) is 0.263. The lowest BCUT2D eigenvalue weighted by Crippen LogP contribution is -2.10. The fourth-order valence-corrected chi connectivity index (χ4v) is 4.46. The molecule has 2 aromatic rings. The molecule has 0 unspecified atom stereocenters. The van der Waals surface area contributed by atoms with Crippen LogP contribution in [0.15, 0.2) is 70.5 Å². The van der Waals surface area contributed by atoms with Crippen molar-refractivity contribution in [1.29, 1.82) is 0 Å². The van der Waals surface area contributed by atoms with Crippen LogP contribution >= 0.6 is 0 Å². The number of carbonyl (C=O) groups is 2. The zero-order chi connectivity index (χ0) is 24.8. The fraction of sp³-hybridized carbons (Fsp3) is 0.308. The van der Waals surface area contributed by atoms with Crippen LogP contribution in [0.3, 0.4) is 0 Å². The second-order valence-corrected chi connectivity index (χ2v) is 9.92. The van der Waals surface area contributed by atoms with Gasteiger partial charge >= 0.3 is 11.9 Å². The van der Waals surface area contributed by atoms with Gasteiger partial charge in [0, 0.05) is 24.0 Å². The van der Waals surface area contributed by atoms with Gasteiger partial charge in [-0.2, -0.15) is 0 Å². The van der Waals surface area contributed by atoms with Gasteiger partial charge in [-0.25, -0.2) is 8.42 Å². The molecule has 176 valence electrons. The van der Waals surface area contributed by atoms with Crippen LogP contribution in [0.25, 0.3) is 0 Å². The number of hydrogen-bond donors (Lipinski definition) is 0. The lowest BCUT2D eigenvalue weighted by molar-refractivity contribution is -0.135. The van der Waals surface area contributed by atoms with Crippen molar-refractivity contribution in [3.05, 3.63) is 71.8 Å². The van der Waals surface area contributed by atoms with Crippen LogP contribution in [-0.2, 0) is 32.3 Å². The summed E-state index contributed by atoms with van der Waals surface area (Å²) in [6.07, 6.45) is 1.13. The van der Waals surface area contributed by atoms with E-state index in [0.717, 1.165) is 11.1 Å². The van der Waals surface area contributed by atoms with E-state index in [0.29, 0.717) is 35.5 Å². The third kappa shape index (κ3) is 6.89. The van der Waals surface area contributed by atoms with Crippen molar-refractivity contribution in [3.8, 4) is 11.5 Å². The molecule has 0 bridgehead atoms. The number of hydrogen-bond acceptors (Lipinski definition) is 6. The maximum Gasteiger partial charge on any atom is 0.310 e. The van der Waals surface area contributed by atoms with Crippen molar-refractivity contribution in [2.45, 2.75) is 63.2 Å². The molecule has 6 nitrogen and oxygen atoms in total. The number of carbonyl (C=O) groups excluding carboxylic acids is 2. The number of rotatable bonds is 10. The Morgan fingerprint density at radius 2 is 1.12 bits per heavy atom. The maximum absolute atomic E-state index is 13.4. The molecule has 0 N–H and O–H groups in total. The van der Waals surface area contributed by atoms with Crippen molar-refractivity contribution in [1.82, 2.24) is 0 Å². The van der Waals surface area contributed by atoms with E-state index in [2.05, 4.69) is 13.2 Å². The summed E-state index contributed by atoms with van der Waals surface area (Å²) in [5.74, 6) is -0.187. The number of ether oxygens (including phenoxy) is 2. The smallest absolute Gasteiger partial charge is 0.310 e. The molecule has 0 amide bonds. The van der Waals surface area contributed by atoms with Gasteiger partial charge < -0.3 is 9.47 Å². The first-order valence-corrected chi connectivity index (χ1v) is 12.2. The van der Waals surface area contributed by atoms with Gasteiger partial charge in [-0.3, -0.25) is 9.59 Å². The first kappa shape index (κ1) is 26.1. The van der Waals surface area contributed by atoms with Gasteiger partial charge in [0.1, 0.15) is 11.5 Å². The zero-order valence-corrected chi connectivity index (χ0v) is 20.4. The molecule has 0 aromatic heterocycles. The van der Waals surface area contributed by atoms with Crippen LogP contribution < -0.4 is 9.47 Å². The Hall–Kier alpha value is -3.19. The Kier molecular flexibility index (Phi) is 8.76. The molecule has 0 saturated heterocycles. The number of benzene rings is 2. The van der Waals surface area contributed by atoms with Crippen molar-refractivity contribution in [3.63, 3.8) is 0 Å². The highest BCUT2D eigenvalue weighted by Crippen LogP contribution is 2.31. The van der Waals surface area contributed by atoms with E-state index in [1.165, 1.54) is 36.4 Å². The van der Waals surface area contributed by atoms with Gasteiger partial charge in [0.2, 0.25) is 9.84 Å². The number of sulfone groups is 1. The SMILES string of the molecule is C=C(C)Cc1cc(S(=O)(=O)c2ccc(OC(=O)CC)c(CC(=C)C)c2)ccc1OC(=O)CC. The third-order valence-electron chi connectivity index (χ3n) is 4.69. The van der Waals surface area contributed by atoms with E-state index in [4.69, 9.17) is 9.47 Å². The molecule has 0 aliphatic rings. The lowest BCUT2D eigenvalue weighted by Gasteiger charge is -2.14. The first-order valence-electron chi connectivity index (χ1n) is 10.7. The van der Waals surface area contributed by atoms with Crippen LogP contribution in [0.5, 0.6) is 11.5 Å². The van der Waals surface area contributed by atoms with Crippen molar-refractivity contribution >= 4 is 21.8 Å². The second kappa shape index (κ2) is 11.1. The van der Waals surface area contributed by atoms with E-state index in [1.807, 2.05) is 13.8 Å². The lowest BCUT2D eigenvalue weighted by atomic mass is 10.1. The number of esters is 2. The van der Waals surface area contributed by atoms with Crippen LogP contribution in [-0.4, -0.2) is 20.4 Å². The number of allylic oxidation sites excluding steroid dienone is 2. The van der Waals surface area contributed by atoms with Gasteiger partial charge in [-0.1, -0.05) is 38.2 Å². The minimum atomic E-state index is -3.90. The molecule has 7 heteroatoms. The van der Waals surface area contributed by atoms with Gasteiger partial charge in [-0.05, 0) is 63.1 Å². The summed E-state index contributed by atoms with van der Waals surface area (Å²) in [5, 5.41) is 0. The van der Waals surface area contributed by atoms with Gasteiger partial charge in [0.25, 0.3) is 0 Å². The molecule has 0 heterocycles. The highest BCUT2D eigenvalue weighted by Gasteiger charge is 2.22. The Balaban J connectivity index is 2.55. The molecule has 0 atom stereocenters. The molecule has 0 fully saturated rings. The average molecular weight is 471 g/mol. The van der Waals surface area contributed by atoms with Crippen LogP contribution in [0.4, 0.5) is 0 Å². The minimum absolute atomic E-state index is 0.0645. The molecule has 2 rings (SSSR count). The van der Waals surface area contributed by atoms with Crippen molar-refractivity contribution < 1.29 is 27.5 Å². The largest absolute Gasteiger partial charge is 0.426 e. The minimum Gasteiger partial charge on any atom is -0.426 e. The Labute approximate surface area is 195 Å². The van der Waals surface area contributed by atoms with Gasteiger partial charge in [-0.15, -0.1) is 0 Å². The summed E-state index contributed by atoms with van der Waals surface area (Å²) < 4.78 is 37.6. The van der Waals surface area contributed by atoms with E-state index in [-0.39, 0.29) is 22.6 Å². The topological polar surface area (TPSA) is 86.7 Å². The molecular weight excluding hydrogens is 440 g/mol. The predicted octanol–water partition coefficient (Wildman–Crippen LogP) is 5.39. The van der Waals surface area contributed by atoms with Gasteiger partial charge in [0.15, 0.2) is 0 Å². The molecule has 0 saturated carbocycles. The maximum atomic E-state index is 13.4. The normalized spacial score (nSPS) is 11.0. The fourth-order valence-electron chi connectivity index (χ4n) is 3.10. The summed E-state index contributed by atoms with van der Waals surface area (Å²) in [5.41, 5.74) is 2.70. The second-order valence-electron chi connectivity index (χ2n) is 7.97. The average Bonchev–Trinajstić information content (AvgIpc) is 2.74. The molecule has 0 spiro atoms. The zero-order valence-electron chi connectivity index (χ0n) is 19.6. The standard InChI is InChI=1S/C26H30O6S/c1-7-25(27)31-23-11-9-21(15-19(23)13-17(3)4)33(29,30)22-10-12-24(32-26(28)8-2)20(16-22)14-18(5)6/h9-12,15-16H,3,5,7-8,13-14H2,1-2,4,6H3. The summed E-state index contributed by atoms with van der Waals surface area (Å²) in [4.78, 5) is 23.7. The highest BCUT2D eigenvalue weighted by molar-refractivity contribution is 7.91. The third-order valence-corrected chi connectivity index (χ3v) is 6.44. The highest BCUT2D eigenvalue weighted by atomic mass is 32.2. The Morgan fingerprint density at radius 1 is 0.758 bits per heavy atom. The molecule has 0 radical (unpaired) electrons. The molecule has 33 heavy (non-hydrogen) atoms. The van der Waals surface area contributed by atoms with Crippen molar-refractivity contribution in [2.75, 3.05) is 0 Å². The van der Waals surface area contributed by atoms with Crippen LogP contribution in [0.1, 0.15) is 51.7 Å². The monoisotopic (exact) mass is 470 g/mol. The Bertz CT molecular complexity index is 1100. The van der Waals surface area contributed by atoms with E-state index < -0.39 is 21.8 Å². The Morgan fingerprint density at radius 3 is 1.42 bits per heavy atom. The first-order chi connectivity index (χ1) is 15.5. The van der Waals surface area contributed by atoms with E-state index in [9.17, 15) is 18.0 Å². The molecule has 2 aromatic carbocycles. The van der Waals surface area contributed by atoms with Gasteiger partial charge in [0.05, 0.1) is 9.79 Å².